The van der Waals surface area contributed by atoms with Gasteiger partial charge in [-0.1, -0.05) is 13.0 Å². The topological polar surface area (TPSA) is 64.6 Å². The maximum Gasteiger partial charge on any atom is 0.317 e. The summed E-state index contributed by atoms with van der Waals surface area (Å²) in [5.74, 6) is 1.86. The highest BCUT2D eigenvalue weighted by molar-refractivity contribution is 7.13. The summed E-state index contributed by atoms with van der Waals surface area (Å²) in [4.78, 5) is 27.9. The Morgan fingerprint density at radius 2 is 1.89 bits per heavy atom. The molecule has 4 heterocycles. The summed E-state index contributed by atoms with van der Waals surface area (Å²) < 4.78 is 0. The third-order valence-corrected chi connectivity index (χ3v) is 6.45. The number of nitrogens with zero attached hydrogens (tertiary/aromatic N) is 5. The number of pyridine rings is 1. The van der Waals surface area contributed by atoms with Gasteiger partial charge in [0.05, 0.1) is 0 Å². The Morgan fingerprint density at radius 3 is 2.54 bits per heavy atom. The van der Waals surface area contributed by atoms with Crippen LogP contribution in [0.2, 0.25) is 0 Å². The largest absolute Gasteiger partial charge is 0.357 e. The van der Waals surface area contributed by atoms with Crippen LogP contribution < -0.4 is 15.1 Å². The van der Waals surface area contributed by atoms with E-state index in [-0.39, 0.29) is 6.03 Å². The van der Waals surface area contributed by atoms with E-state index in [1.807, 2.05) is 22.7 Å². The third-order valence-electron chi connectivity index (χ3n) is 5.62. The molecule has 2 amide bonds. The van der Waals surface area contributed by atoms with Crippen molar-refractivity contribution in [3.63, 3.8) is 0 Å². The number of hydrogen-bond donors (Lipinski definition) is 1. The number of amides is 2. The molecule has 2 aromatic rings. The van der Waals surface area contributed by atoms with E-state index in [0.717, 1.165) is 61.7 Å². The Labute approximate surface area is 170 Å². The van der Waals surface area contributed by atoms with E-state index >= 15 is 0 Å². The number of hydrogen-bond acceptors (Lipinski definition) is 6. The predicted molar refractivity (Wildman–Crippen MR) is 113 cm³/mol. The highest BCUT2D eigenvalue weighted by Crippen LogP contribution is 2.21. The first kappa shape index (κ1) is 19.0. The summed E-state index contributed by atoms with van der Waals surface area (Å²) in [6, 6.07) is 4.14. The zero-order chi connectivity index (χ0) is 19.3. The molecule has 0 saturated carbocycles. The molecule has 0 unspecified atom stereocenters. The Hall–Kier alpha value is -2.35. The summed E-state index contributed by atoms with van der Waals surface area (Å²) in [7, 11) is 0. The molecule has 7 nitrogen and oxygen atoms in total. The SMILES string of the molecule is CC1CCN(c2ccc(CNC(=O)N3CCN(c4nccs4)CC3)cn2)CC1. The van der Waals surface area contributed by atoms with Crippen LogP contribution in [0.25, 0.3) is 0 Å². The van der Waals surface area contributed by atoms with E-state index in [4.69, 9.17) is 0 Å². The van der Waals surface area contributed by atoms with Crippen LogP contribution in [0.15, 0.2) is 29.9 Å². The molecule has 0 bridgehead atoms. The highest BCUT2D eigenvalue weighted by Gasteiger charge is 2.22. The third kappa shape index (κ3) is 4.55. The van der Waals surface area contributed by atoms with Crippen molar-refractivity contribution in [2.75, 3.05) is 49.1 Å². The quantitative estimate of drug-likeness (QED) is 0.855. The minimum absolute atomic E-state index is 0.00659. The average Bonchev–Trinajstić information content (AvgIpc) is 3.28. The molecule has 2 fully saturated rings. The minimum Gasteiger partial charge on any atom is -0.357 e. The first-order valence-electron chi connectivity index (χ1n) is 10.1. The maximum absolute atomic E-state index is 12.5. The number of rotatable bonds is 4. The van der Waals surface area contributed by atoms with E-state index < -0.39 is 0 Å². The summed E-state index contributed by atoms with van der Waals surface area (Å²) in [5, 5.41) is 6.05. The van der Waals surface area contributed by atoms with Crippen molar-refractivity contribution in [2.24, 2.45) is 5.92 Å². The van der Waals surface area contributed by atoms with Gasteiger partial charge in [0, 0.05) is 63.6 Å². The van der Waals surface area contributed by atoms with Gasteiger partial charge in [0.2, 0.25) is 0 Å². The normalized spacial score (nSPS) is 18.4. The van der Waals surface area contributed by atoms with Crippen LogP contribution in [0.5, 0.6) is 0 Å². The number of nitrogens with one attached hydrogen (secondary N) is 1. The highest BCUT2D eigenvalue weighted by atomic mass is 32.1. The van der Waals surface area contributed by atoms with Crippen LogP contribution in [0.1, 0.15) is 25.3 Å². The minimum atomic E-state index is -0.00659. The molecule has 0 radical (unpaired) electrons. The van der Waals surface area contributed by atoms with Crippen LogP contribution in [0.3, 0.4) is 0 Å². The predicted octanol–water partition coefficient (Wildman–Crippen LogP) is 2.81. The van der Waals surface area contributed by atoms with Gasteiger partial charge in [-0.2, -0.15) is 0 Å². The lowest BCUT2D eigenvalue weighted by Crippen LogP contribution is -2.51. The number of carbonyl (C=O) groups excluding carboxylic acids is 1. The van der Waals surface area contributed by atoms with Gasteiger partial charge in [-0.3, -0.25) is 0 Å². The number of carbonyl (C=O) groups is 1. The van der Waals surface area contributed by atoms with Crippen molar-refractivity contribution in [3.8, 4) is 0 Å². The number of thiazole rings is 1. The second-order valence-electron chi connectivity index (χ2n) is 7.64. The van der Waals surface area contributed by atoms with Crippen LogP contribution in [-0.2, 0) is 6.54 Å². The van der Waals surface area contributed by atoms with E-state index in [2.05, 4.69) is 44.1 Å². The summed E-state index contributed by atoms with van der Waals surface area (Å²) >= 11 is 1.64. The smallest absolute Gasteiger partial charge is 0.317 e. The number of anilines is 2. The molecular weight excluding hydrogens is 372 g/mol. The molecule has 0 aliphatic carbocycles. The van der Waals surface area contributed by atoms with Crippen LogP contribution in [0, 0.1) is 5.92 Å². The van der Waals surface area contributed by atoms with Crippen LogP contribution in [-0.4, -0.2) is 60.2 Å². The van der Waals surface area contributed by atoms with Gasteiger partial charge >= 0.3 is 6.03 Å². The molecule has 0 atom stereocenters. The molecule has 8 heteroatoms. The van der Waals surface area contributed by atoms with Gasteiger partial charge in [0.15, 0.2) is 5.13 Å². The van der Waals surface area contributed by atoms with Crippen molar-refractivity contribution in [1.82, 2.24) is 20.2 Å². The molecule has 0 spiro atoms. The fraction of sp³-hybridized carbons (Fsp3) is 0.550. The van der Waals surface area contributed by atoms with Gasteiger partial charge in [-0.15, -0.1) is 11.3 Å². The van der Waals surface area contributed by atoms with E-state index in [1.165, 1.54) is 12.8 Å². The van der Waals surface area contributed by atoms with Crippen molar-refractivity contribution in [3.05, 3.63) is 35.5 Å². The second kappa shape index (κ2) is 8.77. The zero-order valence-electron chi connectivity index (χ0n) is 16.4. The van der Waals surface area contributed by atoms with Gasteiger partial charge in [-0.25, -0.2) is 14.8 Å². The second-order valence-corrected chi connectivity index (χ2v) is 8.51. The fourth-order valence-corrected chi connectivity index (χ4v) is 4.41. The van der Waals surface area contributed by atoms with Crippen molar-refractivity contribution in [1.29, 1.82) is 0 Å². The van der Waals surface area contributed by atoms with E-state index in [9.17, 15) is 4.79 Å². The monoisotopic (exact) mass is 400 g/mol. The molecule has 150 valence electrons. The molecule has 4 rings (SSSR count). The summed E-state index contributed by atoms with van der Waals surface area (Å²) in [5.41, 5.74) is 1.03. The lowest BCUT2D eigenvalue weighted by atomic mass is 9.99. The molecule has 2 aliphatic rings. The fourth-order valence-electron chi connectivity index (χ4n) is 3.71. The molecule has 1 N–H and O–H groups in total. The van der Waals surface area contributed by atoms with Gasteiger partial charge in [0.25, 0.3) is 0 Å². The van der Waals surface area contributed by atoms with Crippen molar-refractivity contribution < 1.29 is 4.79 Å². The number of aromatic nitrogens is 2. The van der Waals surface area contributed by atoms with E-state index in [0.29, 0.717) is 6.54 Å². The van der Waals surface area contributed by atoms with Gasteiger partial charge in [0.1, 0.15) is 5.82 Å². The lowest BCUT2D eigenvalue weighted by Gasteiger charge is -2.34. The molecule has 2 aliphatic heterocycles. The molecule has 2 saturated heterocycles. The van der Waals surface area contributed by atoms with Crippen molar-refractivity contribution >= 4 is 28.3 Å². The Morgan fingerprint density at radius 1 is 1.11 bits per heavy atom. The van der Waals surface area contributed by atoms with Gasteiger partial charge in [-0.05, 0) is 30.4 Å². The first-order chi connectivity index (χ1) is 13.7. The van der Waals surface area contributed by atoms with E-state index in [1.54, 1.807) is 11.3 Å². The van der Waals surface area contributed by atoms with Crippen molar-refractivity contribution in [2.45, 2.75) is 26.3 Å². The Bertz CT molecular complexity index is 750. The molecule has 0 aromatic carbocycles. The summed E-state index contributed by atoms with van der Waals surface area (Å²) in [6.07, 6.45) is 6.17. The summed E-state index contributed by atoms with van der Waals surface area (Å²) in [6.45, 7) is 8.07. The standard InChI is InChI=1S/C20H28N6OS/c1-16-4-7-24(8-5-16)18-3-2-17(14-22-18)15-23-19(27)25-9-11-26(12-10-25)20-21-6-13-28-20/h2-3,6,13-14,16H,4-5,7-12,15H2,1H3,(H,23,27). The average molecular weight is 401 g/mol. The number of piperidine rings is 1. The molecular formula is C20H28N6OS. The van der Waals surface area contributed by atoms with Crippen LogP contribution >= 0.6 is 11.3 Å². The maximum atomic E-state index is 12.5. The Kier molecular flexibility index (Phi) is 5.95. The number of urea groups is 1. The molecule has 28 heavy (non-hydrogen) atoms. The van der Waals surface area contributed by atoms with Gasteiger partial charge < -0.3 is 20.0 Å². The lowest BCUT2D eigenvalue weighted by molar-refractivity contribution is 0.194. The van der Waals surface area contributed by atoms with Crippen LogP contribution in [0.4, 0.5) is 15.7 Å². The first-order valence-corrected chi connectivity index (χ1v) is 10.9. The number of piperazine rings is 1. The zero-order valence-corrected chi connectivity index (χ0v) is 17.2. The molecule has 2 aromatic heterocycles. The Balaban J connectivity index is 1.23.